The van der Waals surface area contributed by atoms with Gasteiger partial charge in [0.15, 0.2) is 0 Å². The molecule has 0 aliphatic rings. The lowest BCUT2D eigenvalue weighted by atomic mass is 10.8. The van der Waals surface area contributed by atoms with Crippen LogP contribution in [0.15, 0.2) is 0 Å². The van der Waals surface area contributed by atoms with Crippen LogP contribution in [-0.4, -0.2) is 18.1 Å². The van der Waals surface area contributed by atoms with Gasteiger partial charge in [0.2, 0.25) is 0 Å². The van der Waals surface area contributed by atoms with Gasteiger partial charge in [-0.3, -0.25) is 4.52 Å². The van der Waals surface area contributed by atoms with Crippen molar-refractivity contribution in [3.8, 4) is 0 Å². The molecule has 7 heteroatoms. The maximum atomic E-state index is 11.8. The average molecular weight is 176 g/mol. The fraction of sp³-hybridized carbons (Fsp3) is 1.00. The van der Waals surface area contributed by atoms with Crippen molar-refractivity contribution in [2.45, 2.75) is 13.0 Å². The second-order valence-electron chi connectivity index (χ2n) is 1.55. The molecule has 0 aromatic heterocycles. The SMILES string of the molecule is COP(=O)(O)OC(C)(F)F. The highest BCUT2D eigenvalue weighted by Gasteiger charge is 2.34. The zero-order valence-corrected chi connectivity index (χ0v) is 6.27. The minimum absolute atomic E-state index is 0.342. The Kier molecular flexibility index (Phi) is 2.91. The highest BCUT2D eigenvalue weighted by molar-refractivity contribution is 7.47. The van der Waals surface area contributed by atoms with Gasteiger partial charge in [0.1, 0.15) is 0 Å². The number of phosphoric ester groups is 1. The van der Waals surface area contributed by atoms with Gasteiger partial charge in [0, 0.05) is 14.0 Å². The van der Waals surface area contributed by atoms with Crippen LogP contribution in [0.3, 0.4) is 0 Å². The van der Waals surface area contributed by atoms with E-state index in [1.165, 1.54) is 0 Å². The van der Waals surface area contributed by atoms with Gasteiger partial charge in [-0.25, -0.2) is 9.09 Å². The van der Waals surface area contributed by atoms with Crippen molar-refractivity contribution in [2.75, 3.05) is 7.11 Å². The van der Waals surface area contributed by atoms with E-state index in [-0.39, 0.29) is 0 Å². The van der Waals surface area contributed by atoms with E-state index < -0.39 is 13.9 Å². The zero-order chi connectivity index (χ0) is 8.41. The first-order chi connectivity index (χ1) is 4.27. The molecule has 1 atom stereocenters. The van der Waals surface area contributed by atoms with Gasteiger partial charge in [-0.15, -0.1) is 0 Å². The van der Waals surface area contributed by atoms with Gasteiger partial charge < -0.3 is 4.89 Å². The quantitative estimate of drug-likeness (QED) is 0.659. The van der Waals surface area contributed by atoms with Gasteiger partial charge in [-0.2, -0.15) is 8.78 Å². The normalized spacial score (nSPS) is 18.5. The molecule has 1 unspecified atom stereocenters. The van der Waals surface area contributed by atoms with Crippen molar-refractivity contribution in [3.63, 3.8) is 0 Å². The van der Waals surface area contributed by atoms with Crippen LogP contribution in [0.25, 0.3) is 0 Å². The van der Waals surface area contributed by atoms with Crippen molar-refractivity contribution >= 4 is 7.82 Å². The maximum Gasteiger partial charge on any atom is 0.476 e. The Labute approximate surface area is 56.4 Å². The molecule has 0 radical (unpaired) electrons. The minimum atomic E-state index is -4.54. The van der Waals surface area contributed by atoms with Crippen LogP contribution in [0.1, 0.15) is 6.92 Å². The smallest absolute Gasteiger partial charge is 0.302 e. The van der Waals surface area contributed by atoms with E-state index in [2.05, 4.69) is 9.05 Å². The molecule has 4 nitrogen and oxygen atoms in total. The van der Waals surface area contributed by atoms with Crippen molar-refractivity contribution in [1.82, 2.24) is 0 Å². The Balaban J connectivity index is 4.03. The summed E-state index contributed by atoms with van der Waals surface area (Å²) < 4.78 is 40.8. The van der Waals surface area contributed by atoms with Crippen LogP contribution in [0.2, 0.25) is 0 Å². The first kappa shape index (κ1) is 9.97. The molecule has 10 heavy (non-hydrogen) atoms. The number of alkyl halides is 2. The van der Waals surface area contributed by atoms with E-state index in [1.807, 2.05) is 0 Å². The average Bonchev–Trinajstić information content (AvgIpc) is 1.60. The Morgan fingerprint density at radius 3 is 2.10 bits per heavy atom. The lowest BCUT2D eigenvalue weighted by molar-refractivity contribution is -0.171. The second kappa shape index (κ2) is 2.92. The predicted molar refractivity (Wildman–Crippen MR) is 28.5 cm³/mol. The van der Waals surface area contributed by atoms with Crippen molar-refractivity contribution < 1.29 is 27.3 Å². The third-order valence-corrected chi connectivity index (χ3v) is 1.52. The molecule has 0 fully saturated rings. The summed E-state index contributed by atoms with van der Waals surface area (Å²) in [6, 6.07) is 0. The maximum absolute atomic E-state index is 11.8. The summed E-state index contributed by atoms with van der Waals surface area (Å²) in [5.41, 5.74) is 0. The molecule has 0 saturated carbocycles. The molecule has 0 aromatic carbocycles. The molecule has 0 aromatic rings. The molecule has 0 aliphatic heterocycles. The Hall–Kier alpha value is -0.0300. The van der Waals surface area contributed by atoms with Gasteiger partial charge in [-0.05, 0) is 0 Å². The van der Waals surface area contributed by atoms with Crippen molar-refractivity contribution in [1.29, 1.82) is 0 Å². The van der Waals surface area contributed by atoms with Crippen LogP contribution in [-0.2, 0) is 13.6 Å². The number of rotatable bonds is 3. The Morgan fingerprint density at radius 2 is 2.00 bits per heavy atom. The summed E-state index contributed by atoms with van der Waals surface area (Å²) in [7, 11) is -3.75. The molecule has 0 rings (SSSR count). The fourth-order valence-corrected chi connectivity index (χ4v) is 0.719. The number of hydrogen-bond donors (Lipinski definition) is 1. The summed E-state index contributed by atoms with van der Waals surface area (Å²) in [6.07, 6.45) is -3.65. The molecule has 0 aliphatic carbocycles. The summed E-state index contributed by atoms with van der Waals surface area (Å²) >= 11 is 0. The molecule has 1 N–H and O–H groups in total. The van der Waals surface area contributed by atoms with E-state index >= 15 is 0 Å². The summed E-state index contributed by atoms with van der Waals surface area (Å²) in [6.45, 7) is 0.342. The van der Waals surface area contributed by atoms with Crippen LogP contribution < -0.4 is 0 Å². The number of phosphoric acid groups is 1. The lowest BCUT2D eigenvalue weighted by Gasteiger charge is -2.13. The fourth-order valence-electron chi connectivity index (χ4n) is 0.240. The van der Waals surface area contributed by atoms with Crippen LogP contribution in [0.4, 0.5) is 8.78 Å². The third kappa shape index (κ3) is 4.81. The Morgan fingerprint density at radius 1 is 1.60 bits per heavy atom. The standard InChI is InChI=1S/C3H7F2O4P/c1-3(4,5)9-10(6,7)8-2/h1-2H3,(H,6,7). The molecule has 0 amide bonds. The van der Waals surface area contributed by atoms with E-state index in [0.29, 0.717) is 6.92 Å². The zero-order valence-electron chi connectivity index (χ0n) is 5.38. The molecular formula is C3H7F2O4P. The van der Waals surface area contributed by atoms with Gasteiger partial charge in [-0.1, -0.05) is 0 Å². The topological polar surface area (TPSA) is 55.8 Å². The van der Waals surface area contributed by atoms with Crippen LogP contribution in [0.5, 0.6) is 0 Å². The summed E-state index contributed by atoms with van der Waals surface area (Å²) in [5, 5.41) is 0. The third-order valence-electron chi connectivity index (χ3n) is 0.506. The van der Waals surface area contributed by atoms with E-state index in [9.17, 15) is 13.3 Å². The van der Waals surface area contributed by atoms with E-state index in [1.54, 1.807) is 0 Å². The lowest BCUT2D eigenvalue weighted by Crippen LogP contribution is -2.13. The van der Waals surface area contributed by atoms with E-state index in [4.69, 9.17) is 4.89 Å². The summed E-state index contributed by atoms with van der Waals surface area (Å²) in [5.74, 6) is 0. The van der Waals surface area contributed by atoms with Crippen molar-refractivity contribution in [2.24, 2.45) is 0 Å². The largest absolute Gasteiger partial charge is 0.476 e. The summed E-state index contributed by atoms with van der Waals surface area (Å²) in [4.78, 5) is 8.29. The van der Waals surface area contributed by atoms with Gasteiger partial charge in [0.25, 0.3) is 0 Å². The van der Waals surface area contributed by atoms with Crippen LogP contribution >= 0.6 is 7.82 Å². The molecular weight excluding hydrogens is 169 g/mol. The minimum Gasteiger partial charge on any atom is -0.302 e. The molecule has 62 valence electrons. The molecule has 0 spiro atoms. The first-order valence-electron chi connectivity index (χ1n) is 2.24. The number of hydrogen-bond acceptors (Lipinski definition) is 3. The van der Waals surface area contributed by atoms with Crippen LogP contribution in [0, 0.1) is 0 Å². The highest BCUT2D eigenvalue weighted by Crippen LogP contribution is 2.46. The first-order valence-corrected chi connectivity index (χ1v) is 3.73. The van der Waals surface area contributed by atoms with Crippen molar-refractivity contribution in [3.05, 3.63) is 0 Å². The molecule has 0 heterocycles. The Bertz CT molecular complexity index is 153. The second-order valence-corrected chi connectivity index (χ2v) is 3.04. The molecule has 0 saturated heterocycles. The van der Waals surface area contributed by atoms with Gasteiger partial charge >= 0.3 is 13.9 Å². The number of halogens is 2. The monoisotopic (exact) mass is 176 g/mol. The van der Waals surface area contributed by atoms with Gasteiger partial charge in [0.05, 0.1) is 0 Å². The van der Waals surface area contributed by atoms with E-state index in [0.717, 1.165) is 7.11 Å². The molecule has 0 bridgehead atoms. The highest BCUT2D eigenvalue weighted by atomic mass is 31.2. The predicted octanol–water partition coefficient (Wildman–Crippen LogP) is 1.36.